The van der Waals surface area contributed by atoms with Crippen LogP contribution in [0.4, 0.5) is 0 Å². The molecule has 5 nitrogen and oxygen atoms in total. The molecule has 4 rings (SSSR count). The zero-order valence-electron chi connectivity index (χ0n) is 17.3. The third-order valence-electron chi connectivity index (χ3n) is 4.81. The Morgan fingerprint density at radius 3 is 2.59 bits per heavy atom. The van der Waals surface area contributed by atoms with Gasteiger partial charge in [-0.1, -0.05) is 41.4 Å². The maximum Gasteiger partial charge on any atom is 0.252 e. The Morgan fingerprint density at radius 1 is 1.06 bits per heavy atom. The summed E-state index contributed by atoms with van der Waals surface area (Å²) in [6.07, 6.45) is 1.65. The Morgan fingerprint density at radius 2 is 1.84 bits per heavy atom. The highest BCUT2D eigenvalue weighted by Gasteiger charge is 2.17. The van der Waals surface area contributed by atoms with E-state index in [0.29, 0.717) is 39.4 Å². The van der Waals surface area contributed by atoms with Crippen molar-refractivity contribution in [1.82, 2.24) is 10.3 Å². The zero-order chi connectivity index (χ0) is 22.5. The van der Waals surface area contributed by atoms with Crippen molar-refractivity contribution in [2.24, 2.45) is 0 Å². The van der Waals surface area contributed by atoms with Crippen molar-refractivity contribution in [2.75, 3.05) is 6.61 Å². The van der Waals surface area contributed by atoms with Crippen molar-refractivity contribution in [2.45, 2.75) is 13.5 Å². The number of hydrogen-bond donors (Lipinski definition) is 1. The van der Waals surface area contributed by atoms with E-state index in [4.69, 9.17) is 32.4 Å². The lowest BCUT2D eigenvalue weighted by molar-refractivity contribution is 0.0951. The molecule has 0 aliphatic rings. The number of hydrogen-bond acceptors (Lipinski definition) is 4. The van der Waals surface area contributed by atoms with Crippen molar-refractivity contribution < 1.29 is 13.9 Å². The van der Waals surface area contributed by atoms with Crippen molar-refractivity contribution in [3.63, 3.8) is 0 Å². The van der Waals surface area contributed by atoms with Crippen LogP contribution in [0.15, 0.2) is 77.3 Å². The Kier molecular flexibility index (Phi) is 6.78. The predicted octanol–water partition coefficient (Wildman–Crippen LogP) is 6.64. The number of oxazole rings is 1. The van der Waals surface area contributed by atoms with Crippen LogP contribution in [0.5, 0.6) is 5.75 Å². The Hall–Kier alpha value is -3.28. The lowest BCUT2D eigenvalue weighted by Gasteiger charge is -2.09. The largest absolute Gasteiger partial charge is 0.494 e. The monoisotopic (exact) mass is 466 g/mol. The summed E-state index contributed by atoms with van der Waals surface area (Å²) in [5, 5.41) is 3.94. The van der Waals surface area contributed by atoms with Gasteiger partial charge < -0.3 is 14.5 Å². The number of benzene rings is 3. The van der Waals surface area contributed by atoms with E-state index >= 15 is 0 Å². The molecule has 3 aromatic carbocycles. The second-order valence-corrected chi connectivity index (χ2v) is 7.79. The molecule has 0 atom stereocenters. The fourth-order valence-electron chi connectivity index (χ4n) is 3.22. The number of halogens is 2. The molecule has 0 aliphatic carbocycles. The highest BCUT2D eigenvalue weighted by molar-refractivity contribution is 6.35. The van der Waals surface area contributed by atoms with Crippen LogP contribution in [0.2, 0.25) is 10.0 Å². The number of amides is 1. The predicted molar refractivity (Wildman–Crippen MR) is 126 cm³/mol. The van der Waals surface area contributed by atoms with Crippen molar-refractivity contribution in [3.8, 4) is 28.5 Å². The van der Waals surface area contributed by atoms with Crippen molar-refractivity contribution >= 4 is 29.1 Å². The molecule has 7 heteroatoms. The molecular weight excluding hydrogens is 447 g/mol. The van der Waals surface area contributed by atoms with E-state index in [1.54, 1.807) is 42.6 Å². The van der Waals surface area contributed by atoms with Gasteiger partial charge in [0.15, 0.2) is 5.76 Å². The minimum absolute atomic E-state index is 0.257. The van der Waals surface area contributed by atoms with Gasteiger partial charge in [-0.15, -0.1) is 0 Å². The SMILES string of the molecule is CCOc1ccc(-c2cnc(-c3ccccc3C(=O)NCc3ccc(Cl)cc3Cl)o2)cc1. The maximum atomic E-state index is 12.9. The Balaban J connectivity index is 1.54. The van der Waals surface area contributed by atoms with Crippen LogP contribution < -0.4 is 10.1 Å². The molecule has 1 heterocycles. The molecule has 1 amide bonds. The fourth-order valence-corrected chi connectivity index (χ4v) is 3.69. The van der Waals surface area contributed by atoms with Gasteiger partial charge in [0, 0.05) is 27.7 Å². The van der Waals surface area contributed by atoms with E-state index < -0.39 is 0 Å². The molecule has 0 radical (unpaired) electrons. The number of carbonyl (C=O) groups excluding carboxylic acids is 1. The molecule has 32 heavy (non-hydrogen) atoms. The van der Waals surface area contributed by atoms with Gasteiger partial charge in [-0.05, 0) is 61.0 Å². The Labute approximate surface area is 196 Å². The zero-order valence-corrected chi connectivity index (χ0v) is 18.8. The quantitative estimate of drug-likeness (QED) is 0.331. The third-order valence-corrected chi connectivity index (χ3v) is 5.40. The smallest absolute Gasteiger partial charge is 0.252 e. The number of nitrogens with one attached hydrogen (secondary N) is 1. The average molecular weight is 467 g/mol. The third kappa shape index (κ3) is 4.96. The number of rotatable bonds is 7. The second-order valence-electron chi connectivity index (χ2n) is 6.95. The van der Waals surface area contributed by atoms with Crippen LogP contribution in [-0.4, -0.2) is 17.5 Å². The molecule has 1 N–H and O–H groups in total. The summed E-state index contributed by atoms with van der Waals surface area (Å²) >= 11 is 12.1. The van der Waals surface area contributed by atoms with Gasteiger partial charge in [0.1, 0.15) is 5.75 Å². The average Bonchev–Trinajstić information content (AvgIpc) is 3.29. The fraction of sp³-hybridized carbons (Fsp3) is 0.120. The normalized spacial score (nSPS) is 10.7. The first-order valence-corrected chi connectivity index (χ1v) is 10.8. The van der Waals surface area contributed by atoms with Gasteiger partial charge in [0.05, 0.1) is 18.4 Å². The van der Waals surface area contributed by atoms with Gasteiger partial charge in [0.2, 0.25) is 5.89 Å². The van der Waals surface area contributed by atoms with Gasteiger partial charge in [0.25, 0.3) is 5.91 Å². The van der Waals surface area contributed by atoms with Crippen LogP contribution in [0.3, 0.4) is 0 Å². The van der Waals surface area contributed by atoms with E-state index in [-0.39, 0.29) is 12.5 Å². The summed E-state index contributed by atoms with van der Waals surface area (Å²) in [6.45, 7) is 2.81. The summed E-state index contributed by atoms with van der Waals surface area (Å²) in [4.78, 5) is 17.3. The molecule has 162 valence electrons. The topological polar surface area (TPSA) is 64.4 Å². The van der Waals surface area contributed by atoms with Crippen LogP contribution in [0.25, 0.3) is 22.8 Å². The number of nitrogens with zero attached hydrogens (tertiary/aromatic N) is 1. The van der Waals surface area contributed by atoms with E-state index in [9.17, 15) is 4.79 Å². The van der Waals surface area contributed by atoms with Gasteiger partial charge in [-0.2, -0.15) is 0 Å². The second kappa shape index (κ2) is 9.90. The first kappa shape index (κ1) is 21.9. The van der Waals surface area contributed by atoms with E-state index in [1.165, 1.54) is 0 Å². The van der Waals surface area contributed by atoms with Crippen LogP contribution >= 0.6 is 23.2 Å². The molecule has 0 unspecified atom stereocenters. The Bertz CT molecular complexity index is 1240. The lowest BCUT2D eigenvalue weighted by atomic mass is 10.1. The number of aromatic nitrogens is 1. The van der Waals surface area contributed by atoms with E-state index in [0.717, 1.165) is 16.9 Å². The summed E-state index contributed by atoms with van der Waals surface area (Å²) < 4.78 is 11.4. The number of carbonyl (C=O) groups is 1. The summed E-state index contributed by atoms with van der Waals surface area (Å²) in [6, 6.07) is 19.9. The first-order chi connectivity index (χ1) is 15.5. The molecule has 0 bridgehead atoms. The molecule has 0 saturated heterocycles. The van der Waals surface area contributed by atoms with Crippen LogP contribution in [0.1, 0.15) is 22.8 Å². The molecule has 4 aromatic rings. The molecule has 1 aromatic heterocycles. The van der Waals surface area contributed by atoms with Crippen molar-refractivity contribution in [1.29, 1.82) is 0 Å². The van der Waals surface area contributed by atoms with Gasteiger partial charge in [-0.3, -0.25) is 4.79 Å². The maximum absolute atomic E-state index is 12.9. The minimum atomic E-state index is -0.257. The van der Waals surface area contributed by atoms with Gasteiger partial charge in [-0.25, -0.2) is 4.98 Å². The molecule has 0 spiro atoms. The molecule has 0 aliphatic heterocycles. The summed E-state index contributed by atoms with van der Waals surface area (Å²) in [5.74, 6) is 1.50. The highest BCUT2D eigenvalue weighted by Crippen LogP contribution is 2.29. The first-order valence-electron chi connectivity index (χ1n) is 10.1. The number of ether oxygens (including phenoxy) is 1. The molecular formula is C25H20Cl2N2O3. The highest BCUT2D eigenvalue weighted by atomic mass is 35.5. The molecule has 0 saturated carbocycles. The summed E-state index contributed by atoms with van der Waals surface area (Å²) in [5.41, 5.74) is 2.70. The standard InChI is InChI=1S/C25H20Cl2N2O3/c1-2-31-19-11-8-16(9-12-19)23-15-29-25(32-23)21-6-4-3-5-20(21)24(30)28-14-17-7-10-18(26)13-22(17)27/h3-13,15H,2,14H2,1H3,(H,28,30). The lowest BCUT2D eigenvalue weighted by Crippen LogP contribution is -2.23. The minimum Gasteiger partial charge on any atom is -0.494 e. The summed E-state index contributed by atoms with van der Waals surface area (Å²) in [7, 11) is 0. The van der Waals surface area contributed by atoms with E-state index in [2.05, 4.69) is 10.3 Å². The van der Waals surface area contributed by atoms with Crippen LogP contribution in [0, 0.1) is 0 Å². The molecule has 0 fully saturated rings. The van der Waals surface area contributed by atoms with E-state index in [1.807, 2.05) is 37.3 Å². The van der Waals surface area contributed by atoms with Crippen molar-refractivity contribution in [3.05, 3.63) is 94.1 Å². The van der Waals surface area contributed by atoms with Crippen LogP contribution in [-0.2, 0) is 6.54 Å². The van der Waals surface area contributed by atoms with Gasteiger partial charge >= 0.3 is 0 Å².